The molecule has 0 aromatic heterocycles. The summed E-state index contributed by atoms with van der Waals surface area (Å²) in [6, 6.07) is 7.97. The van der Waals surface area contributed by atoms with E-state index in [1.165, 1.54) is 0 Å². The lowest BCUT2D eigenvalue weighted by Gasteiger charge is -2.27. The van der Waals surface area contributed by atoms with Crippen LogP contribution in [0.25, 0.3) is 0 Å². The lowest BCUT2D eigenvalue weighted by atomic mass is 10.1. The Morgan fingerprint density at radius 2 is 1.65 bits per heavy atom. The fourth-order valence-corrected chi connectivity index (χ4v) is 4.23. The van der Waals surface area contributed by atoms with Crippen molar-refractivity contribution in [3.63, 3.8) is 0 Å². The molecule has 1 fully saturated rings. The van der Waals surface area contributed by atoms with E-state index in [0.29, 0.717) is 19.6 Å². The van der Waals surface area contributed by atoms with Crippen LogP contribution in [-0.2, 0) is 23.1 Å². The number of hydrogen-bond acceptors (Lipinski definition) is 4. The van der Waals surface area contributed by atoms with Crippen LogP contribution in [0.1, 0.15) is 11.1 Å². The smallest absolute Gasteiger partial charge is 0.215 e. The number of benzene rings is 1. The summed E-state index contributed by atoms with van der Waals surface area (Å²) in [7, 11) is -3.16. The first-order chi connectivity index (χ1) is 9.65. The Bertz CT molecular complexity index is 543. The van der Waals surface area contributed by atoms with Gasteiger partial charge in [0.2, 0.25) is 10.0 Å². The molecule has 2 aliphatic rings. The van der Waals surface area contributed by atoms with Crippen LogP contribution in [0.2, 0.25) is 0 Å². The molecule has 110 valence electrons. The molecule has 1 aromatic rings. The predicted octanol–water partition coefficient (Wildman–Crippen LogP) is 0.237. The molecule has 3 rings (SSSR count). The van der Waals surface area contributed by atoms with Crippen molar-refractivity contribution in [2.24, 2.45) is 0 Å². The Balaban J connectivity index is 1.59. The molecule has 1 N–H and O–H groups in total. The van der Waals surface area contributed by atoms with E-state index in [1.54, 1.807) is 4.31 Å². The van der Waals surface area contributed by atoms with Gasteiger partial charge < -0.3 is 5.32 Å². The van der Waals surface area contributed by atoms with Crippen molar-refractivity contribution in [1.29, 1.82) is 0 Å². The minimum absolute atomic E-state index is 0.223. The Kier molecular flexibility index (Phi) is 4.07. The van der Waals surface area contributed by atoms with Gasteiger partial charge in [-0.2, -0.15) is 4.31 Å². The Labute approximate surface area is 120 Å². The van der Waals surface area contributed by atoms with Gasteiger partial charge in [-0.3, -0.25) is 4.90 Å². The van der Waals surface area contributed by atoms with E-state index in [9.17, 15) is 8.42 Å². The third-order valence-electron chi connectivity index (χ3n) is 4.08. The number of nitrogens with zero attached hydrogens (tertiary/aromatic N) is 2. The largest absolute Gasteiger partial charge is 0.314 e. The van der Waals surface area contributed by atoms with Crippen LogP contribution in [0.15, 0.2) is 24.3 Å². The number of nitrogens with one attached hydrogen (secondary N) is 1. The van der Waals surface area contributed by atoms with Crippen molar-refractivity contribution < 1.29 is 8.42 Å². The minimum Gasteiger partial charge on any atom is -0.314 e. The van der Waals surface area contributed by atoms with Gasteiger partial charge in [0.25, 0.3) is 0 Å². The standard InChI is InChI=1S/C14H21N3O2S/c18-20(19,10-9-16-7-5-15-6-8-16)17-11-13-3-1-2-4-14(13)12-17/h1-4,15H,5-12H2. The molecular formula is C14H21N3O2S. The average Bonchev–Trinajstić information content (AvgIpc) is 2.91. The van der Waals surface area contributed by atoms with Crippen molar-refractivity contribution >= 4 is 10.0 Å². The minimum atomic E-state index is -3.16. The van der Waals surface area contributed by atoms with E-state index in [4.69, 9.17) is 0 Å². The molecule has 0 unspecified atom stereocenters. The summed E-state index contributed by atoms with van der Waals surface area (Å²) in [4.78, 5) is 2.22. The number of rotatable bonds is 4. The second kappa shape index (κ2) is 5.81. The summed E-state index contributed by atoms with van der Waals surface area (Å²) < 4.78 is 26.5. The van der Waals surface area contributed by atoms with Gasteiger partial charge in [0, 0.05) is 45.8 Å². The van der Waals surface area contributed by atoms with Crippen LogP contribution in [0.4, 0.5) is 0 Å². The molecule has 0 atom stereocenters. The molecule has 0 radical (unpaired) electrons. The third kappa shape index (κ3) is 3.03. The van der Waals surface area contributed by atoms with E-state index in [0.717, 1.165) is 37.3 Å². The fraction of sp³-hybridized carbons (Fsp3) is 0.571. The van der Waals surface area contributed by atoms with Gasteiger partial charge in [0.05, 0.1) is 5.75 Å². The highest BCUT2D eigenvalue weighted by molar-refractivity contribution is 7.89. The van der Waals surface area contributed by atoms with Crippen molar-refractivity contribution in [3.8, 4) is 0 Å². The van der Waals surface area contributed by atoms with Crippen molar-refractivity contribution in [2.75, 3.05) is 38.5 Å². The molecule has 20 heavy (non-hydrogen) atoms. The van der Waals surface area contributed by atoms with Gasteiger partial charge in [0.1, 0.15) is 0 Å². The molecule has 1 aromatic carbocycles. The van der Waals surface area contributed by atoms with Gasteiger partial charge in [-0.05, 0) is 11.1 Å². The van der Waals surface area contributed by atoms with Crippen molar-refractivity contribution in [2.45, 2.75) is 13.1 Å². The Morgan fingerprint density at radius 3 is 2.25 bits per heavy atom. The number of fused-ring (bicyclic) bond motifs is 1. The molecule has 5 nitrogen and oxygen atoms in total. The van der Waals surface area contributed by atoms with Gasteiger partial charge in [-0.25, -0.2) is 8.42 Å². The first-order valence-corrected chi connectivity index (χ1v) is 8.74. The summed E-state index contributed by atoms with van der Waals surface area (Å²) in [5.74, 6) is 0.223. The Hall–Kier alpha value is -0.950. The number of hydrogen-bond donors (Lipinski definition) is 1. The number of sulfonamides is 1. The maximum absolute atomic E-state index is 12.4. The summed E-state index contributed by atoms with van der Waals surface area (Å²) >= 11 is 0. The highest BCUT2D eigenvalue weighted by Gasteiger charge is 2.29. The zero-order valence-electron chi connectivity index (χ0n) is 11.6. The molecule has 1 saturated heterocycles. The molecule has 0 saturated carbocycles. The average molecular weight is 295 g/mol. The maximum Gasteiger partial charge on any atom is 0.215 e. The van der Waals surface area contributed by atoms with E-state index in [-0.39, 0.29) is 5.75 Å². The second-order valence-corrected chi connectivity index (χ2v) is 7.53. The highest BCUT2D eigenvalue weighted by Crippen LogP contribution is 2.24. The van der Waals surface area contributed by atoms with Gasteiger partial charge in [0.15, 0.2) is 0 Å². The molecule has 0 bridgehead atoms. The van der Waals surface area contributed by atoms with Gasteiger partial charge in [-0.1, -0.05) is 24.3 Å². The van der Waals surface area contributed by atoms with Crippen molar-refractivity contribution in [3.05, 3.63) is 35.4 Å². The van der Waals surface area contributed by atoms with Crippen LogP contribution in [0, 0.1) is 0 Å². The van der Waals surface area contributed by atoms with Crippen LogP contribution in [-0.4, -0.2) is 56.1 Å². The van der Waals surface area contributed by atoms with E-state index < -0.39 is 10.0 Å². The van der Waals surface area contributed by atoms with Crippen LogP contribution < -0.4 is 5.32 Å². The monoisotopic (exact) mass is 295 g/mol. The second-order valence-electron chi connectivity index (χ2n) is 5.44. The Morgan fingerprint density at radius 1 is 1.05 bits per heavy atom. The first kappa shape index (κ1) is 14.0. The molecule has 2 heterocycles. The molecule has 0 aliphatic carbocycles. The topological polar surface area (TPSA) is 52.7 Å². The van der Waals surface area contributed by atoms with Crippen LogP contribution in [0.5, 0.6) is 0 Å². The summed E-state index contributed by atoms with van der Waals surface area (Å²) in [6.45, 7) is 5.48. The van der Waals surface area contributed by atoms with E-state index in [2.05, 4.69) is 10.2 Å². The summed E-state index contributed by atoms with van der Waals surface area (Å²) in [5.41, 5.74) is 2.27. The van der Waals surface area contributed by atoms with Gasteiger partial charge in [-0.15, -0.1) is 0 Å². The van der Waals surface area contributed by atoms with E-state index in [1.807, 2.05) is 24.3 Å². The molecule has 6 heteroatoms. The molecule has 0 spiro atoms. The number of piperazine rings is 1. The lowest BCUT2D eigenvalue weighted by Crippen LogP contribution is -2.46. The summed E-state index contributed by atoms with van der Waals surface area (Å²) in [6.07, 6.45) is 0. The fourth-order valence-electron chi connectivity index (χ4n) is 2.81. The van der Waals surface area contributed by atoms with Crippen LogP contribution >= 0.6 is 0 Å². The first-order valence-electron chi connectivity index (χ1n) is 7.13. The zero-order valence-corrected chi connectivity index (χ0v) is 12.4. The maximum atomic E-state index is 12.4. The molecule has 0 amide bonds. The highest BCUT2D eigenvalue weighted by atomic mass is 32.2. The van der Waals surface area contributed by atoms with Crippen molar-refractivity contribution in [1.82, 2.24) is 14.5 Å². The van der Waals surface area contributed by atoms with Crippen LogP contribution in [0.3, 0.4) is 0 Å². The lowest BCUT2D eigenvalue weighted by molar-refractivity contribution is 0.252. The third-order valence-corrected chi connectivity index (χ3v) is 5.82. The van der Waals surface area contributed by atoms with Gasteiger partial charge >= 0.3 is 0 Å². The quantitative estimate of drug-likeness (QED) is 0.864. The zero-order chi connectivity index (χ0) is 14.0. The predicted molar refractivity (Wildman–Crippen MR) is 78.8 cm³/mol. The normalized spacial score (nSPS) is 21.0. The summed E-state index contributed by atoms with van der Waals surface area (Å²) in [5, 5.41) is 3.28. The molecule has 2 aliphatic heterocycles. The SMILES string of the molecule is O=S(=O)(CCN1CCNCC1)N1Cc2ccccc2C1. The van der Waals surface area contributed by atoms with E-state index >= 15 is 0 Å². The molecular weight excluding hydrogens is 274 g/mol.